The Bertz CT molecular complexity index is 1260. The molecule has 0 fully saturated rings. The SMILES string of the molecule is [2H]C([2H])([2H])C([2H])(Oc1ncc(Oc2cc(F)c(C(=O)NS(=O)(=O)N(C)C)cc2F)cc1Cl)C([2H])([2H])[2H]. The van der Waals surface area contributed by atoms with Crippen molar-refractivity contribution in [3.8, 4) is 17.4 Å². The molecule has 0 aliphatic heterocycles. The predicted octanol–water partition coefficient (Wildman–Crippen LogP) is 3.13. The van der Waals surface area contributed by atoms with Gasteiger partial charge in [0.15, 0.2) is 11.6 Å². The van der Waals surface area contributed by atoms with Crippen LogP contribution < -0.4 is 14.2 Å². The Morgan fingerprint density at radius 1 is 1.31 bits per heavy atom. The second-order valence-corrected chi connectivity index (χ2v) is 7.76. The van der Waals surface area contributed by atoms with E-state index in [9.17, 15) is 22.0 Å². The number of carbonyl (C=O) groups excluding carboxylic acids is 1. The monoisotopic (exact) mass is 456 g/mol. The van der Waals surface area contributed by atoms with Crippen molar-refractivity contribution >= 4 is 27.7 Å². The maximum absolute atomic E-state index is 14.5. The molecule has 1 amide bonds. The van der Waals surface area contributed by atoms with Crippen LogP contribution in [-0.2, 0) is 10.2 Å². The van der Waals surface area contributed by atoms with Gasteiger partial charge in [-0.05, 0) is 19.8 Å². The number of hydrogen-bond acceptors (Lipinski definition) is 6. The first kappa shape index (κ1) is 14.5. The quantitative estimate of drug-likeness (QED) is 0.687. The number of rotatable bonds is 7. The summed E-state index contributed by atoms with van der Waals surface area (Å²) >= 11 is 5.93. The number of nitrogens with one attached hydrogen (secondary N) is 1. The lowest BCUT2D eigenvalue weighted by molar-refractivity contribution is 0.0975. The Labute approximate surface area is 181 Å². The molecule has 1 aromatic heterocycles. The molecule has 0 spiro atoms. The van der Waals surface area contributed by atoms with Crippen molar-refractivity contribution in [1.29, 1.82) is 0 Å². The van der Waals surface area contributed by atoms with Crippen molar-refractivity contribution in [3.05, 3.63) is 46.6 Å². The van der Waals surface area contributed by atoms with E-state index in [1.54, 1.807) is 0 Å². The maximum atomic E-state index is 14.5. The van der Waals surface area contributed by atoms with E-state index in [0.29, 0.717) is 16.4 Å². The molecule has 1 heterocycles. The molecular weight excluding hydrogens is 432 g/mol. The molecule has 29 heavy (non-hydrogen) atoms. The molecule has 0 aliphatic carbocycles. The Morgan fingerprint density at radius 3 is 2.59 bits per heavy atom. The summed E-state index contributed by atoms with van der Waals surface area (Å²) < 4.78 is 116. The average molecular weight is 457 g/mol. The summed E-state index contributed by atoms with van der Waals surface area (Å²) in [6, 6.07) is 1.73. The van der Waals surface area contributed by atoms with Crippen molar-refractivity contribution in [2.45, 2.75) is 19.8 Å². The van der Waals surface area contributed by atoms with Crippen molar-refractivity contribution in [1.82, 2.24) is 14.0 Å². The van der Waals surface area contributed by atoms with Gasteiger partial charge in [0.1, 0.15) is 16.6 Å². The minimum absolute atomic E-state index is 0.351. The van der Waals surface area contributed by atoms with E-state index in [-0.39, 0.29) is 5.75 Å². The molecule has 0 atom stereocenters. The van der Waals surface area contributed by atoms with Gasteiger partial charge in [-0.25, -0.2) is 18.5 Å². The smallest absolute Gasteiger partial charge is 0.303 e. The molecule has 0 bridgehead atoms. The zero-order valence-corrected chi connectivity index (χ0v) is 16.4. The molecule has 1 N–H and O–H groups in total. The van der Waals surface area contributed by atoms with Crippen LogP contribution in [0.1, 0.15) is 33.7 Å². The number of halogens is 3. The van der Waals surface area contributed by atoms with Crippen LogP contribution in [0.5, 0.6) is 17.4 Å². The van der Waals surface area contributed by atoms with E-state index in [2.05, 4.69) is 4.98 Å². The second kappa shape index (κ2) is 8.89. The third-order valence-electron chi connectivity index (χ3n) is 3.18. The molecule has 8 nitrogen and oxygen atoms in total. The zero-order valence-electron chi connectivity index (χ0n) is 21.8. The van der Waals surface area contributed by atoms with Gasteiger partial charge in [-0.2, -0.15) is 12.7 Å². The van der Waals surface area contributed by atoms with Crippen LogP contribution in [0, 0.1) is 11.6 Å². The third-order valence-corrected chi connectivity index (χ3v) is 4.85. The molecule has 0 radical (unpaired) electrons. The number of amides is 1. The topological polar surface area (TPSA) is 97.8 Å². The second-order valence-electron chi connectivity index (χ2n) is 5.47. The molecular formula is C17H18ClF2N3O5S. The Hall–Kier alpha value is -2.50. The molecule has 0 aliphatic rings. The van der Waals surface area contributed by atoms with E-state index >= 15 is 0 Å². The van der Waals surface area contributed by atoms with E-state index in [1.165, 1.54) is 4.72 Å². The molecule has 0 saturated carbocycles. The predicted molar refractivity (Wildman–Crippen MR) is 102 cm³/mol. The largest absolute Gasteiger partial charge is 0.474 e. The van der Waals surface area contributed by atoms with Gasteiger partial charge in [0.05, 0.1) is 19.2 Å². The van der Waals surface area contributed by atoms with Crippen LogP contribution in [-0.4, -0.2) is 43.8 Å². The molecule has 2 rings (SSSR count). The van der Waals surface area contributed by atoms with Crippen LogP contribution in [0.3, 0.4) is 0 Å². The lowest BCUT2D eigenvalue weighted by atomic mass is 10.2. The summed E-state index contributed by atoms with van der Waals surface area (Å²) in [5.74, 6) is -5.95. The Balaban J connectivity index is 2.32. The molecule has 0 saturated heterocycles. The van der Waals surface area contributed by atoms with E-state index in [1.807, 2.05) is 0 Å². The highest BCUT2D eigenvalue weighted by atomic mass is 35.5. The summed E-state index contributed by atoms with van der Waals surface area (Å²) in [5.41, 5.74) is -0.939. The Kier molecular flexibility index (Phi) is 4.44. The zero-order chi connectivity index (χ0) is 27.9. The van der Waals surface area contributed by atoms with Gasteiger partial charge in [0.2, 0.25) is 5.88 Å². The van der Waals surface area contributed by atoms with Gasteiger partial charge in [-0.15, -0.1) is 0 Å². The van der Waals surface area contributed by atoms with E-state index in [0.717, 1.165) is 26.4 Å². The molecule has 12 heteroatoms. The van der Waals surface area contributed by atoms with Gasteiger partial charge in [-0.3, -0.25) is 4.79 Å². The van der Waals surface area contributed by atoms with Crippen LogP contribution >= 0.6 is 11.6 Å². The normalized spacial score (nSPS) is 16.4. The first-order valence-electron chi connectivity index (χ1n) is 11.0. The maximum Gasteiger partial charge on any atom is 0.303 e. The fourth-order valence-electron chi connectivity index (χ4n) is 1.81. The number of ether oxygens (including phenoxy) is 2. The van der Waals surface area contributed by atoms with Gasteiger partial charge in [0, 0.05) is 34.5 Å². The minimum Gasteiger partial charge on any atom is -0.474 e. The fraction of sp³-hybridized carbons (Fsp3) is 0.294. The van der Waals surface area contributed by atoms with Crippen LogP contribution in [0.4, 0.5) is 8.78 Å². The van der Waals surface area contributed by atoms with Gasteiger partial charge in [-0.1, -0.05) is 11.6 Å². The highest BCUT2D eigenvalue weighted by Gasteiger charge is 2.23. The van der Waals surface area contributed by atoms with Gasteiger partial charge >= 0.3 is 10.2 Å². The van der Waals surface area contributed by atoms with Crippen LogP contribution in [0.15, 0.2) is 24.4 Å². The molecule has 158 valence electrons. The number of aromatic nitrogens is 1. The average Bonchev–Trinajstić information content (AvgIpc) is 2.70. The van der Waals surface area contributed by atoms with E-state index in [4.69, 9.17) is 30.7 Å². The number of nitrogens with zero attached hydrogens (tertiary/aromatic N) is 2. The van der Waals surface area contributed by atoms with Crippen LogP contribution in [0.25, 0.3) is 0 Å². The standard InChI is InChI=1S/C17H18ClF2N3O5S/c1-9(2)27-17-12(18)5-10(8-21-17)28-15-7-13(19)11(6-14(15)20)16(24)22-29(25,26)23(3)4/h5-9H,1-4H3,(H,22,24)/i1D3,2D3,9D. The minimum atomic E-state index is -4.28. The van der Waals surface area contributed by atoms with Crippen molar-refractivity contribution in [2.75, 3.05) is 14.1 Å². The molecule has 1 aromatic carbocycles. The number of hydrogen-bond donors (Lipinski definition) is 1. The summed E-state index contributed by atoms with van der Waals surface area (Å²) in [5, 5.41) is -0.525. The fourth-order valence-corrected chi connectivity index (χ4v) is 2.53. The van der Waals surface area contributed by atoms with Gasteiger partial charge < -0.3 is 9.47 Å². The number of carbonyl (C=O) groups is 1. The van der Waals surface area contributed by atoms with Gasteiger partial charge in [0.25, 0.3) is 5.91 Å². The highest BCUT2D eigenvalue weighted by molar-refractivity contribution is 7.87. The number of pyridine rings is 1. The summed E-state index contributed by atoms with van der Waals surface area (Å²) in [6.45, 7) is -6.86. The summed E-state index contributed by atoms with van der Waals surface area (Å²) in [4.78, 5) is 15.6. The lowest BCUT2D eigenvalue weighted by Gasteiger charge is -2.14. The first-order chi connectivity index (χ1) is 16.2. The summed E-state index contributed by atoms with van der Waals surface area (Å²) in [6.07, 6.45) is -2.63. The van der Waals surface area contributed by atoms with Crippen molar-refractivity contribution in [2.24, 2.45) is 0 Å². The first-order valence-corrected chi connectivity index (χ1v) is 9.27. The Morgan fingerprint density at radius 2 is 2.00 bits per heavy atom. The van der Waals surface area contributed by atoms with Crippen molar-refractivity contribution in [3.63, 3.8) is 0 Å². The summed E-state index contributed by atoms with van der Waals surface area (Å²) in [7, 11) is -2.07. The number of benzene rings is 1. The molecule has 2 aromatic rings. The lowest BCUT2D eigenvalue weighted by Crippen LogP contribution is -2.39. The van der Waals surface area contributed by atoms with Crippen molar-refractivity contribution < 1.29 is 41.1 Å². The van der Waals surface area contributed by atoms with Crippen LogP contribution in [0.2, 0.25) is 5.02 Å². The van der Waals surface area contributed by atoms with E-state index < -0.39 is 69.8 Å². The third kappa shape index (κ3) is 5.75. The highest BCUT2D eigenvalue weighted by Crippen LogP contribution is 2.31. The molecule has 0 unspecified atom stereocenters.